The lowest BCUT2D eigenvalue weighted by atomic mass is 9.96. The highest BCUT2D eigenvalue weighted by Gasteiger charge is 2.24. The van der Waals surface area contributed by atoms with Gasteiger partial charge < -0.3 is 9.30 Å². The van der Waals surface area contributed by atoms with Crippen LogP contribution >= 0.6 is 11.8 Å². The third kappa shape index (κ3) is 2.88. The molecule has 2 saturated heterocycles. The number of ether oxygens (including phenoxy) is 1. The molecule has 1 atom stereocenters. The molecule has 0 N–H and O–H groups in total. The van der Waals surface area contributed by atoms with Gasteiger partial charge in [0.15, 0.2) is 5.65 Å². The second-order valence-corrected chi connectivity index (χ2v) is 7.52. The van der Waals surface area contributed by atoms with Gasteiger partial charge >= 0.3 is 0 Å². The van der Waals surface area contributed by atoms with Crippen LogP contribution < -0.4 is 0 Å². The summed E-state index contributed by atoms with van der Waals surface area (Å²) in [6.45, 7) is 1.81. The molecule has 4 heterocycles. The van der Waals surface area contributed by atoms with Crippen LogP contribution in [0.2, 0.25) is 0 Å². The summed E-state index contributed by atoms with van der Waals surface area (Å²) in [7, 11) is 0. The minimum atomic E-state index is 0.563. The molecule has 0 saturated carbocycles. The summed E-state index contributed by atoms with van der Waals surface area (Å²) in [6, 6.07) is 4.66. The van der Waals surface area contributed by atoms with Gasteiger partial charge in [0, 0.05) is 37.6 Å². The third-order valence-electron chi connectivity index (χ3n) is 4.84. The van der Waals surface area contributed by atoms with E-state index in [0.29, 0.717) is 12.0 Å². The van der Waals surface area contributed by atoms with Crippen LogP contribution in [0.15, 0.2) is 18.3 Å². The summed E-state index contributed by atoms with van der Waals surface area (Å²) >= 11 is 2.07. The Morgan fingerprint density at radius 3 is 3.00 bits per heavy atom. The van der Waals surface area contributed by atoms with E-state index in [-0.39, 0.29) is 0 Å². The maximum absolute atomic E-state index is 5.50. The molecule has 0 aliphatic carbocycles. The molecule has 0 bridgehead atoms. The minimum absolute atomic E-state index is 0.563. The van der Waals surface area contributed by atoms with E-state index in [4.69, 9.17) is 9.72 Å². The lowest BCUT2D eigenvalue weighted by molar-refractivity contribution is 0.0657. The molecule has 2 aromatic heterocycles. The fourth-order valence-corrected chi connectivity index (χ4v) is 4.77. The van der Waals surface area contributed by atoms with Gasteiger partial charge in [-0.2, -0.15) is 11.8 Å². The van der Waals surface area contributed by atoms with Gasteiger partial charge in [-0.05, 0) is 49.5 Å². The van der Waals surface area contributed by atoms with Crippen molar-refractivity contribution in [2.75, 3.05) is 24.7 Å². The Balaban J connectivity index is 1.68. The summed E-state index contributed by atoms with van der Waals surface area (Å²) in [4.78, 5) is 9.57. The minimum Gasteiger partial charge on any atom is -0.381 e. The molecule has 5 heteroatoms. The quantitative estimate of drug-likeness (QED) is 0.869. The fraction of sp³-hybridized carbons (Fsp3) is 0.647. The zero-order valence-electron chi connectivity index (χ0n) is 12.9. The van der Waals surface area contributed by atoms with E-state index in [0.717, 1.165) is 43.6 Å². The third-order valence-corrected chi connectivity index (χ3v) is 6.03. The van der Waals surface area contributed by atoms with E-state index in [2.05, 4.69) is 27.4 Å². The summed E-state index contributed by atoms with van der Waals surface area (Å²) in [5, 5.41) is 0. The van der Waals surface area contributed by atoms with Crippen molar-refractivity contribution in [2.45, 2.75) is 38.1 Å². The van der Waals surface area contributed by atoms with E-state index in [1.165, 1.54) is 30.2 Å². The van der Waals surface area contributed by atoms with Crippen molar-refractivity contribution in [3.8, 4) is 0 Å². The molecule has 0 aromatic carbocycles. The molecule has 2 aliphatic heterocycles. The van der Waals surface area contributed by atoms with Crippen LogP contribution in [0.3, 0.4) is 0 Å². The standard InChI is InChI=1S/C17H23N3OS/c1-4-15-17(18-7-1)20(14-3-2-10-22-12-14)16(19-15)11-13-5-8-21-9-6-13/h1,4,7,13-14H,2-3,5-6,8-12H2. The Hall–Kier alpha value is -1.07. The van der Waals surface area contributed by atoms with Crippen molar-refractivity contribution >= 4 is 22.9 Å². The Bertz CT molecular complexity index is 630. The predicted octanol–water partition coefficient (Wildman–Crippen LogP) is 3.47. The van der Waals surface area contributed by atoms with Crippen molar-refractivity contribution in [1.29, 1.82) is 0 Å². The highest BCUT2D eigenvalue weighted by molar-refractivity contribution is 7.99. The lowest BCUT2D eigenvalue weighted by Gasteiger charge is -2.27. The topological polar surface area (TPSA) is 39.9 Å². The van der Waals surface area contributed by atoms with Gasteiger partial charge in [0.2, 0.25) is 0 Å². The number of imidazole rings is 1. The number of nitrogens with zero attached hydrogens (tertiary/aromatic N) is 3. The first-order valence-electron chi connectivity index (χ1n) is 8.39. The summed E-state index contributed by atoms with van der Waals surface area (Å²) in [5.41, 5.74) is 2.14. The van der Waals surface area contributed by atoms with Crippen molar-refractivity contribution in [3.63, 3.8) is 0 Å². The average Bonchev–Trinajstić information content (AvgIpc) is 2.94. The van der Waals surface area contributed by atoms with Crippen LogP contribution in [-0.4, -0.2) is 39.3 Å². The first-order chi connectivity index (χ1) is 10.9. The van der Waals surface area contributed by atoms with Crippen molar-refractivity contribution in [1.82, 2.24) is 14.5 Å². The molecule has 2 aliphatic rings. The van der Waals surface area contributed by atoms with Gasteiger partial charge in [-0.3, -0.25) is 0 Å². The van der Waals surface area contributed by atoms with Gasteiger partial charge in [0.1, 0.15) is 11.3 Å². The lowest BCUT2D eigenvalue weighted by Crippen LogP contribution is -2.23. The Kier molecular flexibility index (Phi) is 4.35. The molecule has 2 fully saturated rings. The van der Waals surface area contributed by atoms with E-state index in [1.54, 1.807) is 0 Å². The number of aromatic nitrogens is 3. The average molecular weight is 317 g/mol. The number of rotatable bonds is 3. The van der Waals surface area contributed by atoms with Crippen molar-refractivity contribution < 1.29 is 4.74 Å². The van der Waals surface area contributed by atoms with Crippen LogP contribution in [0.4, 0.5) is 0 Å². The second-order valence-electron chi connectivity index (χ2n) is 6.38. The number of pyridine rings is 1. The van der Waals surface area contributed by atoms with Crippen molar-refractivity contribution in [3.05, 3.63) is 24.2 Å². The molecule has 22 heavy (non-hydrogen) atoms. The molecule has 2 aromatic rings. The highest BCUT2D eigenvalue weighted by Crippen LogP contribution is 2.32. The normalized spacial score (nSPS) is 23.9. The maximum Gasteiger partial charge on any atom is 0.160 e. The van der Waals surface area contributed by atoms with Gasteiger partial charge in [-0.25, -0.2) is 9.97 Å². The fourth-order valence-electron chi connectivity index (χ4n) is 3.64. The second kappa shape index (κ2) is 6.59. The van der Waals surface area contributed by atoms with E-state index in [9.17, 15) is 0 Å². The van der Waals surface area contributed by atoms with Crippen LogP contribution in [0.25, 0.3) is 11.2 Å². The zero-order valence-corrected chi connectivity index (χ0v) is 13.7. The monoisotopic (exact) mass is 317 g/mol. The summed E-state index contributed by atoms with van der Waals surface area (Å²) < 4.78 is 7.96. The van der Waals surface area contributed by atoms with Crippen LogP contribution in [0.1, 0.15) is 37.5 Å². The number of fused-ring (bicyclic) bond motifs is 1. The Labute approximate surface area is 135 Å². The molecular weight excluding hydrogens is 294 g/mol. The number of thioether (sulfide) groups is 1. The molecule has 0 amide bonds. The van der Waals surface area contributed by atoms with Crippen LogP contribution in [0, 0.1) is 5.92 Å². The Morgan fingerprint density at radius 2 is 2.18 bits per heavy atom. The number of hydrogen-bond acceptors (Lipinski definition) is 4. The summed E-state index contributed by atoms with van der Waals surface area (Å²) in [6.07, 6.45) is 7.86. The molecule has 4 rings (SSSR count). The molecule has 118 valence electrons. The first-order valence-corrected chi connectivity index (χ1v) is 9.54. The van der Waals surface area contributed by atoms with E-state index in [1.807, 2.05) is 12.3 Å². The van der Waals surface area contributed by atoms with Crippen LogP contribution in [-0.2, 0) is 11.2 Å². The largest absolute Gasteiger partial charge is 0.381 e. The summed E-state index contributed by atoms with van der Waals surface area (Å²) in [5.74, 6) is 4.45. The first kappa shape index (κ1) is 14.5. The number of hydrogen-bond donors (Lipinski definition) is 0. The van der Waals surface area contributed by atoms with Gasteiger partial charge in [-0.1, -0.05) is 0 Å². The molecule has 0 radical (unpaired) electrons. The Morgan fingerprint density at radius 1 is 1.27 bits per heavy atom. The van der Waals surface area contributed by atoms with Gasteiger partial charge in [-0.15, -0.1) is 0 Å². The van der Waals surface area contributed by atoms with E-state index >= 15 is 0 Å². The smallest absolute Gasteiger partial charge is 0.160 e. The van der Waals surface area contributed by atoms with Gasteiger partial charge in [0.05, 0.1) is 0 Å². The molecule has 4 nitrogen and oxygen atoms in total. The van der Waals surface area contributed by atoms with Gasteiger partial charge in [0.25, 0.3) is 0 Å². The molecular formula is C17H23N3OS. The SMILES string of the molecule is c1cnc2c(c1)nc(CC1CCOCC1)n2C1CCCSC1. The molecule has 0 spiro atoms. The maximum atomic E-state index is 5.50. The zero-order chi connectivity index (χ0) is 14.8. The van der Waals surface area contributed by atoms with Crippen LogP contribution in [0.5, 0.6) is 0 Å². The van der Waals surface area contributed by atoms with E-state index < -0.39 is 0 Å². The predicted molar refractivity (Wildman–Crippen MR) is 90.4 cm³/mol. The van der Waals surface area contributed by atoms with Crippen molar-refractivity contribution in [2.24, 2.45) is 5.92 Å². The molecule has 1 unspecified atom stereocenters. The highest BCUT2D eigenvalue weighted by atomic mass is 32.2.